The molecule has 1 saturated heterocycles. The van der Waals surface area contributed by atoms with E-state index in [2.05, 4.69) is 21.8 Å². The number of hydrogen-bond acceptors (Lipinski definition) is 7. The fourth-order valence-electron chi connectivity index (χ4n) is 5.58. The molecular weight excluding hydrogens is 502 g/mol. The molecule has 0 bridgehead atoms. The van der Waals surface area contributed by atoms with Gasteiger partial charge < -0.3 is 15.4 Å². The molecule has 1 amide bonds. The second-order valence-corrected chi connectivity index (χ2v) is 10.5. The van der Waals surface area contributed by atoms with Crippen LogP contribution in [0.3, 0.4) is 0 Å². The third-order valence-electron chi connectivity index (χ3n) is 8.04. The van der Waals surface area contributed by atoms with Gasteiger partial charge in [0.25, 0.3) is 0 Å². The Morgan fingerprint density at radius 3 is 2.58 bits per heavy atom. The molecule has 2 aromatic carbocycles. The predicted octanol–water partition coefficient (Wildman–Crippen LogP) is 5.07. The summed E-state index contributed by atoms with van der Waals surface area (Å²) in [5.41, 5.74) is 8.63. The number of carbonyl (C=O) groups excluding carboxylic acids is 1. The second kappa shape index (κ2) is 11.5. The number of rotatable bonds is 9. The largest absolute Gasteiger partial charge is 0.457 e. The monoisotopic (exact) mass is 537 g/mol. The lowest BCUT2D eigenvalue weighted by Gasteiger charge is -2.36. The fourth-order valence-corrected chi connectivity index (χ4v) is 5.58. The molecule has 2 aliphatic rings. The first kappa shape index (κ1) is 26.0. The van der Waals surface area contributed by atoms with E-state index in [0.717, 1.165) is 47.7 Å². The lowest BCUT2D eigenvalue weighted by atomic mass is 9.91. The van der Waals surface area contributed by atoms with Gasteiger partial charge in [0.2, 0.25) is 5.91 Å². The molecule has 0 spiro atoms. The Balaban J connectivity index is 1.18. The number of likely N-dealkylation sites (tertiary alicyclic amines) is 1. The number of anilines is 1. The number of benzene rings is 2. The molecule has 9 heteroatoms. The van der Waals surface area contributed by atoms with Gasteiger partial charge in [-0.3, -0.25) is 9.69 Å². The number of aromatic nitrogens is 4. The normalized spacial score (nSPS) is 17.6. The molecule has 0 unspecified atom stereocenters. The number of nitrogen functional groups attached to an aromatic ring is 1. The minimum atomic E-state index is 0.00528. The average Bonchev–Trinajstić information content (AvgIpc) is 3.59. The molecule has 1 aliphatic heterocycles. The van der Waals surface area contributed by atoms with Crippen molar-refractivity contribution in [2.24, 2.45) is 0 Å². The number of para-hydroxylation sites is 1. The summed E-state index contributed by atoms with van der Waals surface area (Å²) in [6.07, 6.45) is 9.86. The van der Waals surface area contributed by atoms with Crippen molar-refractivity contribution in [1.29, 1.82) is 0 Å². The van der Waals surface area contributed by atoms with Crippen molar-refractivity contribution in [2.75, 3.05) is 31.9 Å². The Bertz CT molecular complexity index is 1500. The van der Waals surface area contributed by atoms with Crippen LogP contribution in [0.25, 0.3) is 22.3 Å². The van der Waals surface area contributed by atoms with Crippen molar-refractivity contribution < 1.29 is 9.53 Å². The van der Waals surface area contributed by atoms with Crippen LogP contribution in [0.4, 0.5) is 5.82 Å². The van der Waals surface area contributed by atoms with E-state index in [1.54, 1.807) is 6.08 Å². The van der Waals surface area contributed by atoms with Gasteiger partial charge in [0, 0.05) is 37.3 Å². The van der Waals surface area contributed by atoms with Crippen molar-refractivity contribution in [1.82, 2.24) is 29.5 Å². The molecule has 40 heavy (non-hydrogen) atoms. The molecule has 4 aromatic rings. The van der Waals surface area contributed by atoms with Crippen LogP contribution in [0, 0.1) is 0 Å². The van der Waals surface area contributed by atoms with Crippen LogP contribution in [0.15, 0.2) is 73.1 Å². The van der Waals surface area contributed by atoms with Gasteiger partial charge >= 0.3 is 0 Å². The second-order valence-electron chi connectivity index (χ2n) is 10.5. The summed E-state index contributed by atoms with van der Waals surface area (Å²) in [6.45, 7) is 5.27. The summed E-state index contributed by atoms with van der Waals surface area (Å²) in [6, 6.07) is 18.1. The van der Waals surface area contributed by atoms with Gasteiger partial charge in [-0.25, -0.2) is 14.6 Å². The van der Waals surface area contributed by atoms with E-state index in [-0.39, 0.29) is 11.9 Å². The molecule has 1 aliphatic carbocycles. The maximum Gasteiger partial charge on any atom is 0.246 e. The van der Waals surface area contributed by atoms with Gasteiger partial charge in [0.15, 0.2) is 5.65 Å². The van der Waals surface area contributed by atoms with Crippen molar-refractivity contribution in [3.05, 3.63) is 73.1 Å². The molecule has 2 aromatic heterocycles. The van der Waals surface area contributed by atoms with Crippen LogP contribution in [0.1, 0.15) is 38.6 Å². The molecule has 1 atom stereocenters. The molecule has 3 heterocycles. The molecular formula is C31H35N7O2. The third-order valence-corrected chi connectivity index (χ3v) is 8.04. The first-order valence-electron chi connectivity index (χ1n) is 14.1. The van der Waals surface area contributed by atoms with Gasteiger partial charge in [-0.15, -0.1) is 0 Å². The third kappa shape index (κ3) is 5.29. The Hall–Kier alpha value is -4.24. The summed E-state index contributed by atoms with van der Waals surface area (Å²) in [7, 11) is 0. The molecule has 2 fully saturated rings. The van der Waals surface area contributed by atoms with Gasteiger partial charge in [0.05, 0.1) is 11.4 Å². The van der Waals surface area contributed by atoms with Gasteiger partial charge in [-0.1, -0.05) is 37.6 Å². The van der Waals surface area contributed by atoms with Gasteiger partial charge in [-0.2, -0.15) is 5.10 Å². The number of ether oxygens (including phenoxy) is 1. The Morgan fingerprint density at radius 2 is 1.85 bits per heavy atom. The van der Waals surface area contributed by atoms with E-state index < -0.39 is 0 Å². The van der Waals surface area contributed by atoms with E-state index >= 15 is 0 Å². The van der Waals surface area contributed by atoms with Gasteiger partial charge in [-0.05, 0) is 62.2 Å². The molecule has 1 saturated carbocycles. The van der Waals surface area contributed by atoms with Crippen molar-refractivity contribution >= 4 is 22.8 Å². The topological polar surface area (TPSA) is 102 Å². The number of nitrogens with two attached hydrogens (primary N) is 1. The van der Waals surface area contributed by atoms with E-state index in [9.17, 15) is 4.79 Å². The Morgan fingerprint density at radius 1 is 1.07 bits per heavy atom. The fraction of sp³-hybridized carbons (Fsp3) is 0.355. The smallest absolute Gasteiger partial charge is 0.246 e. The van der Waals surface area contributed by atoms with Crippen LogP contribution >= 0.6 is 0 Å². The summed E-state index contributed by atoms with van der Waals surface area (Å²) >= 11 is 0. The van der Waals surface area contributed by atoms with E-state index in [1.807, 2.05) is 70.3 Å². The SMILES string of the molecule is CCN(C/C=C/C(=O)N1CC[C@@H](n2nc(-c3ccc(Oc4ccccc4)cc3)c3c(N)ncnc32)C1)C1CCC1. The summed E-state index contributed by atoms with van der Waals surface area (Å²) < 4.78 is 7.87. The number of nitrogens with zero attached hydrogens (tertiary/aromatic N) is 6. The minimum Gasteiger partial charge on any atom is -0.457 e. The number of likely N-dealkylation sites (N-methyl/N-ethyl adjacent to an activating group) is 1. The summed E-state index contributed by atoms with van der Waals surface area (Å²) in [4.78, 5) is 26.1. The van der Waals surface area contributed by atoms with Crippen molar-refractivity contribution in [2.45, 2.75) is 44.7 Å². The quantitative estimate of drug-likeness (QED) is 0.297. The van der Waals surface area contributed by atoms with Crippen LogP contribution in [0.5, 0.6) is 11.5 Å². The number of hydrogen-bond donors (Lipinski definition) is 1. The number of amides is 1. The maximum atomic E-state index is 13.0. The molecule has 6 rings (SSSR count). The first-order valence-corrected chi connectivity index (χ1v) is 14.1. The van der Waals surface area contributed by atoms with Crippen LogP contribution in [-0.4, -0.2) is 67.7 Å². The highest BCUT2D eigenvalue weighted by Crippen LogP contribution is 2.35. The zero-order valence-electron chi connectivity index (χ0n) is 22.8. The predicted molar refractivity (Wildman–Crippen MR) is 156 cm³/mol. The maximum absolute atomic E-state index is 13.0. The van der Waals surface area contributed by atoms with E-state index in [1.165, 1.54) is 25.6 Å². The molecule has 206 valence electrons. The summed E-state index contributed by atoms with van der Waals surface area (Å²) in [5.74, 6) is 1.94. The first-order chi connectivity index (χ1) is 19.6. The standard InChI is InChI=1S/C31H35N7O2/c1-2-36(23-8-6-9-23)18-7-12-27(39)37-19-17-24(20-37)38-31-28(30(32)33-21-34-31)29(35-38)22-13-15-26(16-14-22)40-25-10-4-3-5-11-25/h3-5,7,10-16,21,23-24H,2,6,8-9,17-20H2,1H3,(H2,32,33,34)/b12-7+/t24-/m1/s1. The van der Waals surface area contributed by atoms with E-state index in [0.29, 0.717) is 30.6 Å². The number of fused-ring (bicyclic) bond motifs is 1. The Labute approximate surface area is 234 Å². The highest BCUT2D eigenvalue weighted by atomic mass is 16.5. The van der Waals surface area contributed by atoms with Crippen molar-refractivity contribution in [3.8, 4) is 22.8 Å². The molecule has 9 nitrogen and oxygen atoms in total. The zero-order valence-corrected chi connectivity index (χ0v) is 22.8. The number of carbonyl (C=O) groups is 1. The lowest BCUT2D eigenvalue weighted by molar-refractivity contribution is -0.125. The molecule has 0 radical (unpaired) electrons. The average molecular weight is 538 g/mol. The molecule has 2 N–H and O–H groups in total. The van der Waals surface area contributed by atoms with Crippen molar-refractivity contribution in [3.63, 3.8) is 0 Å². The Kier molecular flexibility index (Phi) is 7.46. The highest BCUT2D eigenvalue weighted by Gasteiger charge is 2.30. The highest BCUT2D eigenvalue weighted by molar-refractivity contribution is 5.98. The zero-order chi connectivity index (χ0) is 27.5. The summed E-state index contributed by atoms with van der Waals surface area (Å²) in [5, 5.41) is 5.69. The minimum absolute atomic E-state index is 0.00528. The lowest BCUT2D eigenvalue weighted by Crippen LogP contribution is -2.40. The van der Waals surface area contributed by atoms with Crippen LogP contribution < -0.4 is 10.5 Å². The van der Waals surface area contributed by atoms with Gasteiger partial charge in [0.1, 0.15) is 29.3 Å². The van der Waals surface area contributed by atoms with E-state index in [4.69, 9.17) is 15.6 Å². The van der Waals surface area contributed by atoms with Crippen LogP contribution in [0.2, 0.25) is 0 Å². The van der Waals surface area contributed by atoms with Crippen LogP contribution in [-0.2, 0) is 4.79 Å².